The molecule has 0 fully saturated rings. The van der Waals surface area contributed by atoms with E-state index in [1.807, 2.05) is 18.2 Å². The quantitative estimate of drug-likeness (QED) is 0.285. The fraction of sp³-hybridized carbons (Fsp3) is 0.0345. The average molecular weight is 509 g/mol. The van der Waals surface area contributed by atoms with Crippen LogP contribution in [0.4, 0.5) is 4.39 Å². The third-order valence-electron chi connectivity index (χ3n) is 6.17. The van der Waals surface area contributed by atoms with Crippen LogP contribution in [0.1, 0.15) is 5.56 Å². The molecule has 0 N–H and O–H groups in total. The van der Waals surface area contributed by atoms with Crippen molar-refractivity contribution in [1.29, 1.82) is 0 Å². The first-order chi connectivity index (χ1) is 15.3. The van der Waals surface area contributed by atoms with E-state index in [9.17, 15) is 0 Å². The van der Waals surface area contributed by atoms with Gasteiger partial charge in [-0.25, -0.2) is 0 Å². The molecule has 5 aromatic rings. The molecule has 0 aliphatic rings. The van der Waals surface area contributed by atoms with E-state index in [1.54, 1.807) is 6.07 Å². The molecule has 0 aromatic heterocycles. The predicted octanol–water partition coefficient (Wildman–Crippen LogP) is 5.23. The second-order valence-electron chi connectivity index (χ2n) is 7.97. The zero-order valence-corrected chi connectivity index (χ0v) is 20.1. The van der Waals surface area contributed by atoms with Crippen molar-refractivity contribution in [3.05, 3.63) is 139 Å². The Bertz CT molecular complexity index is 1200. The van der Waals surface area contributed by atoms with Crippen molar-refractivity contribution in [2.24, 2.45) is 0 Å². The second-order valence-corrected chi connectivity index (χ2v) is 19.1. The summed E-state index contributed by atoms with van der Waals surface area (Å²) in [4.78, 5) is 0. The molecule has 0 amide bonds. The van der Waals surface area contributed by atoms with Gasteiger partial charge in [0.15, 0.2) is 0 Å². The molecule has 0 spiro atoms. The van der Waals surface area contributed by atoms with E-state index in [-0.39, 0.29) is 5.82 Å². The van der Waals surface area contributed by atoms with Gasteiger partial charge in [-0.2, -0.15) is 0 Å². The van der Waals surface area contributed by atoms with Crippen molar-refractivity contribution < 1.29 is 4.39 Å². The van der Waals surface area contributed by atoms with Gasteiger partial charge in [0.05, 0.1) is 0 Å². The molecule has 0 aliphatic heterocycles. The molecule has 2 heteroatoms. The fourth-order valence-electron chi connectivity index (χ4n) is 4.66. The van der Waals surface area contributed by atoms with Crippen molar-refractivity contribution in [3.63, 3.8) is 0 Å². The summed E-state index contributed by atoms with van der Waals surface area (Å²) in [6.45, 7) is 0. The minimum absolute atomic E-state index is 0.109. The fourth-order valence-corrected chi connectivity index (χ4v) is 18.2. The molecule has 5 aromatic carbocycles. The third kappa shape index (κ3) is 3.79. The van der Waals surface area contributed by atoms with Crippen LogP contribution in [0.15, 0.2) is 127 Å². The van der Waals surface area contributed by atoms with Crippen LogP contribution in [0.5, 0.6) is 0 Å². The van der Waals surface area contributed by atoms with E-state index in [2.05, 4.69) is 103 Å². The van der Waals surface area contributed by atoms with Gasteiger partial charge in [-0.15, -0.1) is 0 Å². The van der Waals surface area contributed by atoms with Crippen molar-refractivity contribution in [1.82, 2.24) is 0 Å². The summed E-state index contributed by atoms with van der Waals surface area (Å²) in [5, 5.41) is 2.04. The van der Waals surface area contributed by atoms with Gasteiger partial charge in [-0.3, -0.25) is 0 Å². The van der Waals surface area contributed by atoms with Crippen LogP contribution in [0.3, 0.4) is 0 Å². The molecule has 0 radical (unpaired) electrons. The Morgan fingerprint density at radius 2 is 0.871 bits per heavy atom. The summed E-state index contributed by atoms with van der Waals surface area (Å²) in [6.07, 6.45) is 0. The molecule has 0 bridgehead atoms. The van der Waals surface area contributed by atoms with Crippen LogP contribution in [0.2, 0.25) is 0 Å². The van der Waals surface area contributed by atoms with Crippen molar-refractivity contribution in [3.8, 4) is 0 Å². The summed E-state index contributed by atoms with van der Waals surface area (Å²) in [5.41, 5.74) is 0.811. The Balaban J connectivity index is 1.79. The number of hydrogen-bond donors (Lipinski definition) is 0. The monoisotopic (exact) mass is 510 g/mol. The van der Waals surface area contributed by atoms with Gasteiger partial charge in [0, 0.05) is 0 Å². The molecule has 0 aliphatic carbocycles. The summed E-state index contributed by atoms with van der Waals surface area (Å²) in [5.74, 6) is -0.109. The molecule has 5 rings (SSSR count). The first-order valence-electron chi connectivity index (χ1n) is 10.6. The minimum atomic E-state index is -3.56. The van der Waals surface area contributed by atoms with E-state index in [0.29, 0.717) is 0 Å². The standard InChI is InChI=1S/C11H8F.3C6H5.Sn/c1-8-6-9-4-2-3-5-10(9)7-11(8)12;3*1-2-4-6-5-3-1;/h2-7H,1H2;3*1-5H;. The first-order valence-corrected chi connectivity index (χ1v) is 16.9. The number of benzene rings is 5. The zero-order chi connectivity index (χ0) is 21.1. The van der Waals surface area contributed by atoms with Gasteiger partial charge in [-0.05, 0) is 0 Å². The van der Waals surface area contributed by atoms with Gasteiger partial charge < -0.3 is 0 Å². The summed E-state index contributed by atoms with van der Waals surface area (Å²) in [6, 6.07) is 44.1. The molecule has 0 atom stereocenters. The van der Waals surface area contributed by atoms with Crippen molar-refractivity contribution in [2.75, 3.05) is 0 Å². The Morgan fingerprint density at radius 1 is 0.484 bits per heavy atom. The maximum absolute atomic E-state index is 15.4. The molecule has 31 heavy (non-hydrogen) atoms. The van der Waals surface area contributed by atoms with Gasteiger partial charge in [0.25, 0.3) is 0 Å². The number of hydrogen-bond acceptors (Lipinski definition) is 0. The van der Waals surface area contributed by atoms with Gasteiger partial charge in [-0.1, -0.05) is 0 Å². The van der Waals surface area contributed by atoms with Gasteiger partial charge in [0.1, 0.15) is 0 Å². The summed E-state index contributed by atoms with van der Waals surface area (Å²) < 4.78 is 20.3. The Kier molecular flexibility index (Phi) is 5.60. The van der Waals surface area contributed by atoms with Crippen molar-refractivity contribution in [2.45, 2.75) is 4.44 Å². The van der Waals surface area contributed by atoms with Crippen LogP contribution in [-0.4, -0.2) is 18.4 Å². The Morgan fingerprint density at radius 3 is 1.32 bits per heavy atom. The van der Waals surface area contributed by atoms with Crippen LogP contribution in [0, 0.1) is 5.82 Å². The molecule has 150 valence electrons. The first kappa shape index (κ1) is 20.0. The third-order valence-corrected chi connectivity index (χ3v) is 20.1. The molecule has 0 unspecified atom stereocenters. The second kappa shape index (κ2) is 8.68. The molecule has 0 heterocycles. The SMILES string of the molecule is Fc1cc2ccccc2cc1[CH2][Sn]([c]1ccccc1)([c]1ccccc1)[c]1ccccc1. The van der Waals surface area contributed by atoms with E-state index in [1.165, 1.54) is 10.7 Å². The topological polar surface area (TPSA) is 0 Å². The van der Waals surface area contributed by atoms with Gasteiger partial charge in [0.2, 0.25) is 0 Å². The Hall–Kier alpha value is -2.91. The van der Waals surface area contributed by atoms with Crippen LogP contribution < -0.4 is 10.7 Å². The van der Waals surface area contributed by atoms with Gasteiger partial charge >= 0.3 is 187 Å². The number of halogens is 1. The van der Waals surface area contributed by atoms with Crippen LogP contribution in [-0.2, 0) is 4.44 Å². The molecule has 0 nitrogen and oxygen atoms in total. The molecule has 0 saturated heterocycles. The van der Waals surface area contributed by atoms with E-state index < -0.39 is 18.4 Å². The van der Waals surface area contributed by atoms with E-state index >= 15 is 4.39 Å². The summed E-state index contributed by atoms with van der Waals surface area (Å²) in [7, 11) is 0. The van der Waals surface area contributed by atoms with E-state index in [4.69, 9.17) is 0 Å². The number of rotatable bonds is 5. The molecular weight excluding hydrogens is 486 g/mol. The van der Waals surface area contributed by atoms with Crippen LogP contribution in [0.25, 0.3) is 10.8 Å². The predicted molar refractivity (Wildman–Crippen MR) is 132 cm³/mol. The molecular formula is C29H23FSn. The normalized spacial score (nSPS) is 11.5. The molecule has 0 saturated carbocycles. The average Bonchev–Trinajstić information content (AvgIpc) is 2.84. The summed E-state index contributed by atoms with van der Waals surface area (Å²) >= 11 is -3.56. The number of fused-ring (bicyclic) bond motifs is 1. The zero-order valence-electron chi connectivity index (χ0n) is 17.2. The van der Waals surface area contributed by atoms with E-state index in [0.717, 1.165) is 20.8 Å². The van der Waals surface area contributed by atoms with Crippen LogP contribution >= 0.6 is 0 Å². The maximum atomic E-state index is 15.4. The van der Waals surface area contributed by atoms with Crippen molar-refractivity contribution >= 4 is 39.9 Å². The Labute approximate surface area is 186 Å².